The van der Waals surface area contributed by atoms with Crippen LogP contribution in [0.5, 0.6) is 0 Å². The van der Waals surface area contributed by atoms with E-state index >= 15 is 0 Å². The van der Waals surface area contributed by atoms with Crippen molar-refractivity contribution in [2.75, 3.05) is 11.9 Å². The van der Waals surface area contributed by atoms with Gasteiger partial charge in [-0.15, -0.1) is 0 Å². The molecular weight excluding hydrogens is 357 g/mol. The van der Waals surface area contributed by atoms with Crippen molar-refractivity contribution in [2.45, 2.75) is 33.1 Å². The van der Waals surface area contributed by atoms with E-state index in [0.29, 0.717) is 0 Å². The molecule has 0 bridgehead atoms. The van der Waals surface area contributed by atoms with Crippen LogP contribution in [0.4, 0.5) is 10.1 Å². The standard InChI is InChI=1S/C20H21ClFNO3/c1-3-13-7-5-8-14(4-2)20(13)23-18(24)12-26-19(25)11-15-16(21)9-6-10-17(15)22/h5-10H,3-4,11-12H2,1-2H3,(H,23,24). The molecule has 0 radical (unpaired) electrons. The van der Waals surface area contributed by atoms with Gasteiger partial charge < -0.3 is 10.1 Å². The van der Waals surface area contributed by atoms with E-state index < -0.39 is 24.3 Å². The van der Waals surface area contributed by atoms with E-state index in [4.69, 9.17) is 16.3 Å². The van der Waals surface area contributed by atoms with Gasteiger partial charge in [0.25, 0.3) is 5.91 Å². The van der Waals surface area contributed by atoms with Crippen LogP contribution in [0.3, 0.4) is 0 Å². The van der Waals surface area contributed by atoms with E-state index in [1.54, 1.807) is 0 Å². The van der Waals surface area contributed by atoms with Gasteiger partial charge in [0.05, 0.1) is 6.42 Å². The van der Waals surface area contributed by atoms with Crippen LogP contribution in [0.15, 0.2) is 36.4 Å². The van der Waals surface area contributed by atoms with E-state index in [-0.39, 0.29) is 17.0 Å². The molecule has 0 aliphatic heterocycles. The Labute approximate surface area is 157 Å². The maximum atomic E-state index is 13.7. The van der Waals surface area contributed by atoms with Crippen molar-refractivity contribution >= 4 is 29.2 Å². The Bertz CT molecular complexity index is 765. The van der Waals surface area contributed by atoms with Crippen LogP contribution in [-0.2, 0) is 33.6 Å². The Balaban J connectivity index is 1.96. The number of esters is 1. The number of ether oxygens (including phenoxy) is 1. The molecule has 0 aromatic heterocycles. The van der Waals surface area contributed by atoms with Crippen LogP contribution in [0.2, 0.25) is 5.02 Å². The summed E-state index contributed by atoms with van der Waals surface area (Å²) in [6.45, 7) is 3.57. The summed E-state index contributed by atoms with van der Waals surface area (Å²) in [6.07, 6.45) is 1.22. The van der Waals surface area contributed by atoms with Crippen LogP contribution >= 0.6 is 11.6 Å². The van der Waals surface area contributed by atoms with Gasteiger partial charge in [0.1, 0.15) is 5.82 Å². The topological polar surface area (TPSA) is 55.4 Å². The maximum absolute atomic E-state index is 13.7. The van der Waals surface area contributed by atoms with Gasteiger partial charge in [-0.2, -0.15) is 0 Å². The molecule has 1 amide bonds. The van der Waals surface area contributed by atoms with Crippen molar-refractivity contribution < 1.29 is 18.7 Å². The first-order valence-corrected chi connectivity index (χ1v) is 8.83. The molecule has 0 fully saturated rings. The van der Waals surface area contributed by atoms with Crippen LogP contribution in [0, 0.1) is 5.82 Å². The highest BCUT2D eigenvalue weighted by Gasteiger charge is 2.15. The van der Waals surface area contributed by atoms with Gasteiger partial charge in [-0.3, -0.25) is 9.59 Å². The molecule has 0 spiro atoms. The van der Waals surface area contributed by atoms with Gasteiger partial charge in [-0.1, -0.05) is 49.7 Å². The highest BCUT2D eigenvalue weighted by atomic mass is 35.5. The lowest BCUT2D eigenvalue weighted by Crippen LogP contribution is -2.23. The first kappa shape index (κ1) is 19.9. The first-order valence-electron chi connectivity index (χ1n) is 8.45. The second-order valence-electron chi connectivity index (χ2n) is 5.74. The molecule has 0 atom stereocenters. The third kappa shape index (κ3) is 5.05. The molecule has 0 unspecified atom stereocenters. The van der Waals surface area contributed by atoms with Crippen molar-refractivity contribution in [1.82, 2.24) is 0 Å². The summed E-state index contributed by atoms with van der Waals surface area (Å²) >= 11 is 5.88. The molecule has 0 heterocycles. The molecule has 6 heteroatoms. The number of para-hydroxylation sites is 1. The summed E-state index contributed by atoms with van der Waals surface area (Å²) in [5.41, 5.74) is 2.85. The normalized spacial score (nSPS) is 10.5. The van der Waals surface area contributed by atoms with E-state index in [0.717, 1.165) is 29.7 Å². The number of anilines is 1. The molecular formula is C20H21ClFNO3. The number of carbonyl (C=O) groups is 2. The third-order valence-corrected chi connectivity index (χ3v) is 4.36. The van der Waals surface area contributed by atoms with Crippen molar-refractivity contribution in [3.05, 3.63) is 63.9 Å². The van der Waals surface area contributed by atoms with Gasteiger partial charge >= 0.3 is 5.97 Å². The quantitative estimate of drug-likeness (QED) is 0.731. The average molecular weight is 378 g/mol. The molecule has 4 nitrogen and oxygen atoms in total. The second kappa shape index (κ2) is 9.34. The molecule has 2 rings (SSSR count). The van der Waals surface area contributed by atoms with E-state index in [9.17, 15) is 14.0 Å². The summed E-state index contributed by atoms with van der Waals surface area (Å²) < 4.78 is 18.7. The number of hydrogen-bond acceptors (Lipinski definition) is 3. The fourth-order valence-electron chi connectivity index (χ4n) is 2.62. The van der Waals surface area contributed by atoms with Crippen molar-refractivity contribution in [2.24, 2.45) is 0 Å². The first-order chi connectivity index (χ1) is 12.5. The van der Waals surface area contributed by atoms with E-state index in [2.05, 4.69) is 5.32 Å². The maximum Gasteiger partial charge on any atom is 0.310 e. The summed E-state index contributed by atoms with van der Waals surface area (Å²) in [7, 11) is 0. The fourth-order valence-corrected chi connectivity index (χ4v) is 2.85. The molecule has 2 aromatic carbocycles. The molecule has 0 saturated heterocycles. The Morgan fingerprint density at radius 2 is 1.69 bits per heavy atom. The summed E-state index contributed by atoms with van der Waals surface area (Å²) in [5, 5.41) is 2.96. The summed E-state index contributed by atoms with van der Waals surface area (Å²) in [4.78, 5) is 24.0. The second-order valence-corrected chi connectivity index (χ2v) is 6.15. The van der Waals surface area contributed by atoms with E-state index in [1.165, 1.54) is 18.2 Å². The smallest absolute Gasteiger partial charge is 0.310 e. The van der Waals surface area contributed by atoms with Crippen LogP contribution < -0.4 is 5.32 Å². The summed E-state index contributed by atoms with van der Waals surface area (Å²) in [6, 6.07) is 10.0. The number of halogens is 2. The van der Waals surface area contributed by atoms with Gasteiger partial charge in [0.2, 0.25) is 0 Å². The van der Waals surface area contributed by atoms with Gasteiger partial charge in [0.15, 0.2) is 6.61 Å². The number of amides is 1. The Morgan fingerprint density at radius 1 is 1.08 bits per heavy atom. The zero-order valence-corrected chi connectivity index (χ0v) is 15.5. The molecule has 0 aliphatic carbocycles. The summed E-state index contributed by atoms with van der Waals surface area (Å²) in [5.74, 6) is -1.73. The zero-order chi connectivity index (χ0) is 19.1. The van der Waals surface area contributed by atoms with Gasteiger partial charge in [-0.25, -0.2) is 4.39 Å². The molecule has 138 valence electrons. The number of hydrogen-bond donors (Lipinski definition) is 1. The zero-order valence-electron chi connectivity index (χ0n) is 14.8. The predicted molar refractivity (Wildman–Crippen MR) is 99.9 cm³/mol. The highest BCUT2D eigenvalue weighted by molar-refractivity contribution is 6.31. The minimum absolute atomic E-state index is 0.0594. The van der Waals surface area contributed by atoms with Crippen LogP contribution in [0.25, 0.3) is 0 Å². The third-order valence-electron chi connectivity index (χ3n) is 4.01. The molecule has 0 saturated carbocycles. The van der Waals surface area contributed by atoms with Crippen molar-refractivity contribution in [1.29, 1.82) is 0 Å². The molecule has 1 N–H and O–H groups in total. The number of nitrogens with one attached hydrogen (secondary N) is 1. The Morgan fingerprint density at radius 3 is 2.27 bits per heavy atom. The minimum Gasteiger partial charge on any atom is -0.455 e. The largest absolute Gasteiger partial charge is 0.455 e. The fraction of sp³-hybridized carbons (Fsp3) is 0.300. The molecule has 0 aliphatic rings. The van der Waals surface area contributed by atoms with Gasteiger partial charge in [-0.05, 0) is 36.1 Å². The predicted octanol–water partition coefficient (Wildman–Crippen LogP) is 4.33. The Kier molecular flexibility index (Phi) is 7.16. The van der Waals surface area contributed by atoms with Crippen LogP contribution in [-0.4, -0.2) is 18.5 Å². The monoisotopic (exact) mass is 377 g/mol. The minimum atomic E-state index is -0.716. The van der Waals surface area contributed by atoms with Gasteiger partial charge in [0, 0.05) is 16.3 Å². The average Bonchev–Trinajstić information content (AvgIpc) is 2.63. The van der Waals surface area contributed by atoms with Crippen LogP contribution in [0.1, 0.15) is 30.5 Å². The molecule has 2 aromatic rings. The number of aryl methyl sites for hydroxylation is 2. The van der Waals surface area contributed by atoms with E-state index in [1.807, 2.05) is 32.0 Å². The lowest BCUT2D eigenvalue weighted by atomic mass is 10.0. The molecule has 26 heavy (non-hydrogen) atoms. The SMILES string of the molecule is CCc1cccc(CC)c1NC(=O)COC(=O)Cc1c(F)cccc1Cl. The highest BCUT2D eigenvalue weighted by Crippen LogP contribution is 2.23. The number of benzene rings is 2. The van der Waals surface area contributed by atoms with Crippen molar-refractivity contribution in [3.63, 3.8) is 0 Å². The lowest BCUT2D eigenvalue weighted by molar-refractivity contribution is -0.146. The van der Waals surface area contributed by atoms with Crippen molar-refractivity contribution in [3.8, 4) is 0 Å². The lowest BCUT2D eigenvalue weighted by Gasteiger charge is -2.14. The number of carbonyl (C=O) groups excluding carboxylic acids is 2. The Hall–Kier alpha value is -2.40. The number of rotatable bonds is 7.